The third-order valence-corrected chi connectivity index (χ3v) is 3.05. The monoisotopic (exact) mass is 250 g/mol. The van der Waals surface area contributed by atoms with Crippen LogP contribution in [0.3, 0.4) is 0 Å². The highest BCUT2D eigenvalue weighted by Crippen LogP contribution is 2.28. The number of halogens is 1. The van der Waals surface area contributed by atoms with Crippen molar-refractivity contribution >= 4 is 5.69 Å². The van der Waals surface area contributed by atoms with Crippen LogP contribution >= 0.6 is 0 Å². The van der Waals surface area contributed by atoms with Gasteiger partial charge in [-0.15, -0.1) is 6.58 Å². The molecule has 0 radical (unpaired) electrons. The van der Waals surface area contributed by atoms with Crippen LogP contribution in [0.4, 0.5) is 10.1 Å². The van der Waals surface area contributed by atoms with E-state index in [1.165, 1.54) is 6.07 Å². The molecule has 2 nitrogen and oxygen atoms in total. The lowest BCUT2D eigenvalue weighted by molar-refractivity contribution is 0.540. The fourth-order valence-corrected chi connectivity index (χ4v) is 2.19. The smallest absolute Gasteiger partial charge is 0.130 e. The molecule has 0 aliphatic rings. The van der Waals surface area contributed by atoms with E-state index in [4.69, 9.17) is 0 Å². The van der Waals surface area contributed by atoms with Crippen molar-refractivity contribution in [3.8, 4) is 0 Å². The van der Waals surface area contributed by atoms with Gasteiger partial charge >= 0.3 is 0 Å². The van der Waals surface area contributed by atoms with Crippen LogP contribution in [0.1, 0.15) is 32.4 Å². The molecule has 3 heteroatoms. The van der Waals surface area contributed by atoms with Crippen molar-refractivity contribution in [2.24, 2.45) is 0 Å². The van der Waals surface area contributed by atoms with E-state index in [0.29, 0.717) is 0 Å². The van der Waals surface area contributed by atoms with Gasteiger partial charge in [0.25, 0.3) is 0 Å². The Morgan fingerprint density at radius 3 is 2.72 bits per heavy atom. The molecule has 0 amide bonds. The molecule has 100 valence electrons. The van der Waals surface area contributed by atoms with Crippen molar-refractivity contribution in [3.05, 3.63) is 42.2 Å². The van der Waals surface area contributed by atoms with Crippen LogP contribution in [0.5, 0.6) is 0 Å². The normalized spacial score (nSPS) is 12.2. The van der Waals surface area contributed by atoms with Crippen LogP contribution in [0, 0.1) is 5.82 Å². The standard InChI is InChI=1S/C15H23FN2/c1-5-11-18(7-3)14-10-8-9-13(16)15(14)12(4)17-6-2/h5,8-10,12,17H,1,6-7,11H2,2-4H3. The van der Waals surface area contributed by atoms with Crippen molar-refractivity contribution in [3.63, 3.8) is 0 Å². The summed E-state index contributed by atoms with van der Waals surface area (Å²) in [7, 11) is 0. The van der Waals surface area contributed by atoms with Gasteiger partial charge in [-0.25, -0.2) is 4.39 Å². The Balaban J connectivity index is 3.16. The zero-order chi connectivity index (χ0) is 13.5. The fourth-order valence-electron chi connectivity index (χ4n) is 2.19. The predicted molar refractivity (Wildman–Crippen MR) is 76.6 cm³/mol. The second-order valence-corrected chi connectivity index (χ2v) is 4.28. The van der Waals surface area contributed by atoms with Gasteiger partial charge in [0.15, 0.2) is 0 Å². The summed E-state index contributed by atoms with van der Waals surface area (Å²) in [6.07, 6.45) is 1.84. The minimum atomic E-state index is -0.150. The van der Waals surface area contributed by atoms with Crippen LogP contribution in [0.2, 0.25) is 0 Å². The highest BCUT2D eigenvalue weighted by atomic mass is 19.1. The molecule has 0 spiro atoms. The number of rotatable bonds is 7. The van der Waals surface area contributed by atoms with Crippen LogP contribution in [0.15, 0.2) is 30.9 Å². The minimum Gasteiger partial charge on any atom is -0.368 e. The van der Waals surface area contributed by atoms with Crippen molar-refractivity contribution in [2.75, 3.05) is 24.5 Å². The highest BCUT2D eigenvalue weighted by Gasteiger charge is 2.17. The Morgan fingerprint density at radius 1 is 1.44 bits per heavy atom. The van der Waals surface area contributed by atoms with Crippen LogP contribution in [-0.2, 0) is 0 Å². The molecule has 1 atom stereocenters. The number of anilines is 1. The van der Waals surface area contributed by atoms with Gasteiger partial charge in [-0.3, -0.25) is 0 Å². The molecule has 0 aromatic heterocycles. The van der Waals surface area contributed by atoms with Gasteiger partial charge in [0.1, 0.15) is 5.82 Å². The van der Waals surface area contributed by atoms with Crippen molar-refractivity contribution < 1.29 is 4.39 Å². The lowest BCUT2D eigenvalue weighted by atomic mass is 10.0. The zero-order valence-electron chi connectivity index (χ0n) is 11.5. The number of hydrogen-bond donors (Lipinski definition) is 1. The second-order valence-electron chi connectivity index (χ2n) is 4.28. The molecule has 1 rings (SSSR count). The van der Waals surface area contributed by atoms with Gasteiger partial charge < -0.3 is 10.2 Å². The molecule has 0 saturated heterocycles. The summed E-state index contributed by atoms with van der Waals surface area (Å²) in [5.41, 5.74) is 1.69. The number of benzene rings is 1. The van der Waals surface area contributed by atoms with E-state index in [-0.39, 0.29) is 11.9 Å². The number of hydrogen-bond acceptors (Lipinski definition) is 2. The first-order chi connectivity index (χ1) is 8.65. The first-order valence-electron chi connectivity index (χ1n) is 6.53. The summed E-state index contributed by atoms with van der Waals surface area (Å²) in [5.74, 6) is -0.150. The second kappa shape index (κ2) is 7.17. The summed E-state index contributed by atoms with van der Waals surface area (Å²) < 4.78 is 14.1. The quantitative estimate of drug-likeness (QED) is 0.745. The molecule has 0 bridgehead atoms. The van der Waals surface area contributed by atoms with E-state index < -0.39 is 0 Å². The molecule has 0 aliphatic carbocycles. The van der Waals surface area contributed by atoms with Crippen LogP contribution < -0.4 is 10.2 Å². The number of nitrogens with one attached hydrogen (secondary N) is 1. The van der Waals surface area contributed by atoms with Gasteiger partial charge in [0.2, 0.25) is 0 Å². The molecule has 18 heavy (non-hydrogen) atoms. The summed E-state index contributed by atoms with van der Waals surface area (Å²) in [6, 6.07) is 5.26. The maximum atomic E-state index is 14.1. The molecule has 1 aromatic rings. The molecule has 0 heterocycles. The molecule has 0 aliphatic heterocycles. The average Bonchev–Trinajstić information content (AvgIpc) is 2.35. The third kappa shape index (κ3) is 3.33. The topological polar surface area (TPSA) is 15.3 Å². The van der Waals surface area contributed by atoms with Gasteiger partial charge in [0.05, 0.1) is 0 Å². The van der Waals surface area contributed by atoms with Crippen molar-refractivity contribution in [1.82, 2.24) is 5.32 Å². The Morgan fingerprint density at radius 2 is 2.17 bits per heavy atom. The highest BCUT2D eigenvalue weighted by molar-refractivity contribution is 5.56. The van der Waals surface area contributed by atoms with Gasteiger partial charge in [0, 0.05) is 30.4 Å². The average molecular weight is 250 g/mol. The summed E-state index contributed by atoms with van der Waals surface area (Å²) in [4.78, 5) is 2.12. The Hall–Kier alpha value is -1.35. The maximum absolute atomic E-state index is 14.1. The van der Waals surface area contributed by atoms with Crippen LogP contribution in [-0.4, -0.2) is 19.6 Å². The van der Waals surface area contributed by atoms with E-state index in [0.717, 1.165) is 30.9 Å². The molecular formula is C15H23FN2. The molecule has 0 fully saturated rings. The third-order valence-electron chi connectivity index (χ3n) is 3.05. The van der Waals surface area contributed by atoms with E-state index in [1.54, 1.807) is 6.07 Å². The fraction of sp³-hybridized carbons (Fsp3) is 0.467. The first-order valence-corrected chi connectivity index (χ1v) is 6.53. The molecule has 1 aromatic carbocycles. The van der Waals surface area contributed by atoms with Crippen LogP contribution in [0.25, 0.3) is 0 Å². The van der Waals surface area contributed by atoms with E-state index in [9.17, 15) is 4.39 Å². The molecule has 1 N–H and O–H groups in total. The number of likely N-dealkylation sites (N-methyl/N-ethyl adjacent to an activating group) is 1. The molecular weight excluding hydrogens is 227 g/mol. The van der Waals surface area contributed by atoms with Crippen molar-refractivity contribution in [2.45, 2.75) is 26.8 Å². The Kier molecular flexibility index (Phi) is 5.86. The minimum absolute atomic E-state index is 0.00469. The summed E-state index contributed by atoms with van der Waals surface area (Å²) >= 11 is 0. The van der Waals surface area contributed by atoms with Crippen molar-refractivity contribution in [1.29, 1.82) is 0 Å². The summed E-state index contributed by atoms with van der Waals surface area (Å²) in [5, 5.41) is 3.27. The molecule has 0 saturated carbocycles. The predicted octanol–water partition coefficient (Wildman–Crippen LogP) is 3.51. The van der Waals surface area contributed by atoms with E-state index >= 15 is 0 Å². The maximum Gasteiger partial charge on any atom is 0.130 e. The van der Waals surface area contributed by atoms with Gasteiger partial charge in [-0.2, -0.15) is 0 Å². The van der Waals surface area contributed by atoms with Gasteiger partial charge in [-0.05, 0) is 32.5 Å². The lowest BCUT2D eigenvalue weighted by Crippen LogP contribution is -2.27. The van der Waals surface area contributed by atoms with E-state index in [1.807, 2.05) is 26.0 Å². The zero-order valence-corrected chi connectivity index (χ0v) is 11.5. The number of nitrogens with zero attached hydrogens (tertiary/aromatic N) is 1. The Bertz CT molecular complexity index is 390. The lowest BCUT2D eigenvalue weighted by Gasteiger charge is -2.27. The van der Waals surface area contributed by atoms with Gasteiger partial charge in [-0.1, -0.05) is 19.1 Å². The SMILES string of the molecule is C=CCN(CC)c1cccc(F)c1C(C)NCC. The summed E-state index contributed by atoms with van der Waals surface area (Å²) in [6.45, 7) is 12.2. The van der Waals surface area contributed by atoms with E-state index in [2.05, 4.69) is 23.7 Å². The molecule has 1 unspecified atom stereocenters. The first kappa shape index (κ1) is 14.7. The Labute approximate surface area is 110 Å². The largest absolute Gasteiger partial charge is 0.368 e.